The van der Waals surface area contributed by atoms with Gasteiger partial charge in [0.05, 0.1) is 16.7 Å². The molecular formula is C16H20N2O2S. The second-order valence-corrected chi connectivity index (χ2v) is 6.08. The van der Waals surface area contributed by atoms with E-state index in [4.69, 9.17) is 4.74 Å². The molecule has 2 aromatic rings. The van der Waals surface area contributed by atoms with Gasteiger partial charge in [-0.3, -0.25) is 4.79 Å². The molecule has 0 aromatic carbocycles. The molecule has 2 rings (SSSR count). The Kier molecular flexibility index (Phi) is 4.96. The maximum atomic E-state index is 12.6. The fraction of sp³-hybridized carbons (Fsp3) is 0.375. The third-order valence-corrected chi connectivity index (χ3v) is 4.26. The molecule has 2 heterocycles. The molecule has 0 saturated carbocycles. The lowest BCUT2D eigenvalue weighted by Gasteiger charge is -2.08. The molecule has 0 amide bonds. The van der Waals surface area contributed by atoms with Crippen molar-refractivity contribution >= 4 is 22.1 Å². The number of hydrogen-bond acceptors (Lipinski definition) is 5. The summed E-state index contributed by atoms with van der Waals surface area (Å²) in [5.41, 5.74) is 1.28. The van der Waals surface area contributed by atoms with Crippen molar-refractivity contribution in [1.82, 2.24) is 4.98 Å². The summed E-state index contributed by atoms with van der Waals surface area (Å²) in [7, 11) is 1.83. The van der Waals surface area contributed by atoms with E-state index in [2.05, 4.69) is 17.2 Å². The number of pyridine rings is 1. The molecule has 0 atom stereocenters. The van der Waals surface area contributed by atoms with Gasteiger partial charge < -0.3 is 10.1 Å². The number of ether oxygens (including phenoxy) is 1. The number of ketones is 1. The second kappa shape index (κ2) is 6.72. The number of anilines is 1. The van der Waals surface area contributed by atoms with Crippen LogP contribution in [0.5, 0.6) is 5.88 Å². The van der Waals surface area contributed by atoms with Gasteiger partial charge in [0.25, 0.3) is 0 Å². The molecule has 0 aliphatic heterocycles. The van der Waals surface area contributed by atoms with Crippen LogP contribution in [0.4, 0.5) is 5.00 Å². The highest BCUT2D eigenvalue weighted by Crippen LogP contribution is 2.30. The quantitative estimate of drug-likeness (QED) is 0.825. The number of carbonyl (C=O) groups excluding carboxylic acids is 1. The monoisotopic (exact) mass is 304 g/mol. The van der Waals surface area contributed by atoms with E-state index >= 15 is 0 Å². The van der Waals surface area contributed by atoms with E-state index in [1.54, 1.807) is 29.7 Å². The number of nitrogens with one attached hydrogen (secondary N) is 1. The summed E-state index contributed by atoms with van der Waals surface area (Å²) in [4.78, 5) is 18.0. The summed E-state index contributed by atoms with van der Waals surface area (Å²) in [6.07, 6.45) is 2.56. The fourth-order valence-corrected chi connectivity index (χ4v) is 2.90. The highest BCUT2D eigenvalue weighted by molar-refractivity contribution is 7.16. The fourth-order valence-electron chi connectivity index (χ4n) is 1.95. The van der Waals surface area contributed by atoms with Gasteiger partial charge >= 0.3 is 0 Å². The maximum Gasteiger partial charge on any atom is 0.213 e. The minimum atomic E-state index is -0.0149. The first kappa shape index (κ1) is 15.5. The van der Waals surface area contributed by atoms with Gasteiger partial charge in [0.2, 0.25) is 5.88 Å². The normalized spacial score (nSPS) is 10.7. The Balaban J connectivity index is 2.25. The third kappa shape index (κ3) is 3.61. The first-order valence-electron chi connectivity index (χ1n) is 7.03. The molecule has 1 N–H and O–H groups in total. The molecule has 112 valence electrons. The molecule has 2 aromatic heterocycles. The minimum Gasteiger partial charge on any atom is -0.475 e. The number of carbonyl (C=O) groups is 1. The van der Waals surface area contributed by atoms with Crippen LogP contribution in [0.2, 0.25) is 0 Å². The Bertz CT molecular complexity index is 618. The summed E-state index contributed by atoms with van der Waals surface area (Å²) in [5.74, 6) is 0.522. The first-order valence-corrected chi connectivity index (χ1v) is 7.84. The number of hydrogen-bond donors (Lipinski definition) is 1. The molecule has 21 heavy (non-hydrogen) atoms. The topological polar surface area (TPSA) is 51.2 Å². The van der Waals surface area contributed by atoms with Gasteiger partial charge in [-0.25, -0.2) is 4.98 Å². The van der Waals surface area contributed by atoms with Crippen LogP contribution >= 0.6 is 11.3 Å². The smallest absolute Gasteiger partial charge is 0.213 e. The second-order valence-electron chi connectivity index (χ2n) is 4.94. The van der Waals surface area contributed by atoms with Crippen molar-refractivity contribution in [2.24, 2.45) is 0 Å². The Morgan fingerprint density at radius 3 is 2.71 bits per heavy atom. The molecule has 0 spiro atoms. The first-order chi connectivity index (χ1) is 10.0. The lowest BCUT2D eigenvalue weighted by molar-refractivity contribution is 0.103. The molecule has 0 bridgehead atoms. The summed E-state index contributed by atoms with van der Waals surface area (Å²) < 4.78 is 5.49. The minimum absolute atomic E-state index is 0.0149. The van der Waals surface area contributed by atoms with E-state index in [1.807, 2.05) is 27.0 Å². The van der Waals surface area contributed by atoms with Crippen molar-refractivity contribution in [3.63, 3.8) is 0 Å². The largest absolute Gasteiger partial charge is 0.475 e. The Hall–Kier alpha value is -1.88. The van der Waals surface area contributed by atoms with Crippen LogP contribution in [0.3, 0.4) is 0 Å². The summed E-state index contributed by atoms with van der Waals surface area (Å²) in [6, 6.07) is 5.45. The number of aromatic nitrogens is 1. The molecule has 0 aliphatic rings. The highest BCUT2D eigenvalue weighted by Gasteiger charge is 2.17. The van der Waals surface area contributed by atoms with Crippen molar-refractivity contribution in [1.29, 1.82) is 0 Å². The lowest BCUT2D eigenvalue weighted by Crippen LogP contribution is -2.08. The summed E-state index contributed by atoms with van der Waals surface area (Å²) >= 11 is 1.62. The maximum absolute atomic E-state index is 12.6. The molecule has 0 saturated heterocycles. The number of nitrogens with zero attached hydrogens (tertiary/aromatic N) is 1. The zero-order valence-electron chi connectivity index (χ0n) is 12.8. The number of thiophene rings is 1. The van der Waals surface area contributed by atoms with Crippen molar-refractivity contribution < 1.29 is 9.53 Å². The number of aryl methyl sites for hydroxylation is 1. The van der Waals surface area contributed by atoms with Crippen LogP contribution in [0.15, 0.2) is 24.4 Å². The van der Waals surface area contributed by atoms with Gasteiger partial charge in [-0.1, -0.05) is 6.92 Å². The Morgan fingerprint density at radius 2 is 2.19 bits per heavy atom. The molecular weight excluding hydrogens is 284 g/mol. The van der Waals surface area contributed by atoms with Crippen LogP contribution in [-0.2, 0) is 6.42 Å². The van der Waals surface area contributed by atoms with Crippen molar-refractivity contribution in [3.8, 4) is 5.88 Å². The predicted octanol–water partition coefficient (Wildman–Crippen LogP) is 3.77. The third-order valence-electron chi connectivity index (χ3n) is 2.96. The molecule has 5 heteroatoms. The summed E-state index contributed by atoms with van der Waals surface area (Å²) in [5, 5.41) is 3.99. The van der Waals surface area contributed by atoms with Crippen LogP contribution in [0.1, 0.15) is 41.6 Å². The zero-order chi connectivity index (χ0) is 15.4. The molecule has 4 nitrogen and oxygen atoms in total. The molecule has 0 unspecified atom stereocenters. The van der Waals surface area contributed by atoms with Crippen LogP contribution < -0.4 is 10.1 Å². The standard InChI is InChI=1S/C16H20N2O2S/c1-5-12-8-13(16(17-4)21-12)15(19)11-6-7-14(18-9-11)20-10(2)3/h6-10,17H,5H2,1-4H3. The van der Waals surface area contributed by atoms with E-state index in [9.17, 15) is 4.79 Å². The zero-order valence-corrected chi connectivity index (χ0v) is 13.6. The number of rotatable bonds is 6. The van der Waals surface area contributed by atoms with Gasteiger partial charge in [-0.05, 0) is 32.4 Å². The molecule has 0 radical (unpaired) electrons. The SMILES string of the molecule is CCc1cc(C(=O)c2ccc(OC(C)C)nc2)c(NC)s1. The van der Waals surface area contributed by atoms with Gasteiger partial charge in [0.1, 0.15) is 0 Å². The van der Waals surface area contributed by atoms with E-state index in [1.165, 1.54) is 4.88 Å². The lowest BCUT2D eigenvalue weighted by atomic mass is 10.1. The Morgan fingerprint density at radius 1 is 1.43 bits per heavy atom. The highest BCUT2D eigenvalue weighted by atomic mass is 32.1. The van der Waals surface area contributed by atoms with Crippen LogP contribution in [0.25, 0.3) is 0 Å². The van der Waals surface area contributed by atoms with Gasteiger partial charge in [-0.15, -0.1) is 11.3 Å². The van der Waals surface area contributed by atoms with E-state index in [0.29, 0.717) is 17.0 Å². The average molecular weight is 304 g/mol. The van der Waals surface area contributed by atoms with E-state index in [0.717, 1.165) is 11.4 Å². The van der Waals surface area contributed by atoms with E-state index in [-0.39, 0.29) is 11.9 Å². The van der Waals surface area contributed by atoms with Crippen molar-refractivity contribution in [2.75, 3.05) is 12.4 Å². The van der Waals surface area contributed by atoms with Gasteiger partial charge in [0, 0.05) is 29.8 Å². The average Bonchev–Trinajstić information content (AvgIpc) is 2.90. The van der Waals surface area contributed by atoms with Crippen molar-refractivity contribution in [2.45, 2.75) is 33.3 Å². The van der Waals surface area contributed by atoms with Gasteiger partial charge in [-0.2, -0.15) is 0 Å². The Labute approximate surface area is 129 Å². The van der Waals surface area contributed by atoms with Crippen LogP contribution in [-0.4, -0.2) is 23.9 Å². The van der Waals surface area contributed by atoms with E-state index < -0.39 is 0 Å². The predicted molar refractivity (Wildman–Crippen MR) is 86.7 cm³/mol. The van der Waals surface area contributed by atoms with Gasteiger partial charge in [0.15, 0.2) is 5.78 Å². The molecule has 0 aliphatic carbocycles. The molecule has 0 fully saturated rings. The van der Waals surface area contributed by atoms with Crippen LogP contribution in [0, 0.1) is 0 Å². The summed E-state index contributed by atoms with van der Waals surface area (Å²) in [6.45, 7) is 5.97. The van der Waals surface area contributed by atoms with Crippen molar-refractivity contribution in [3.05, 3.63) is 40.4 Å².